The summed E-state index contributed by atoms with van der Waals surface area (Å²) < 4.78 is 0. The SMILES string of the molecule is CCc1cc(CC)c2nc3ccccc3c(-c3cccnc3)c2c1. The first-order valence-corrected chi connectivity index (χ1v) is 8.56. The Morgan fingerprint density at radius 2 is 1.75 bits per heavy atom. The standard InChI is InChI=1S/C22H20N2/c1-3-15-12-16(4-2)22-19(13-15)21(17-8-7-11-23-14-17)18-9-5-6-10-20(18)24-22/h5-14H,3-4H2,1-2H3. The van der Waals surface area contributed by atoms with E-state index in [-0.39, 0.29) is 0 Å². The van der Waals surface area contributed by atoms with Crippen molar-refractivity contribution >= 4 is 21.8 Å². The second-order valence-corrected chi connectivity index (χ2v) is 6.10. The van der Waals surface area contributed by atoms with Crippen molar-refractivity contribution in [1.29, 1.82) is 0 Å². The van der Waals surface area contributed by atoms with Crippen molar-refractivity contribution in [2.45, 2.75) is 26.7 Å². The molecule has 0 spiro atoms. The minimum Gasteiger partial charge on any atom is -0.264 e. The first-order valence-electron chi connectivity index (χ1n) is 8.56. The summed E-state index contributed by atoms with van der Waals surface area (Å²) in [5, 5.41) is 2.42. The van der Waals surface area contributed by atoms with Gasteiger partial charge in [0.25, 0.3) is 0 Å². The van der Waals surface area contributed by atoms with Gasteiger partial charge in [-0.3, -0.25) is 4.98 Å². The third-order valence-electron chi connectivity index (χ3n) is 4.66. The molecule has 0 aliphatic rings. The smallest absolute Gasteiger partial charge is 0.0748 e. The Balaban J connectivity index is 2.23. The molecule has 0 aliphatic heterocycles. The van der Waals surface area contributed by atoms with E-state index in [2.05, 4.69) is 61.3 Å². The minimum atomic E-state index is 0.988. The molecule has 2 aromatic carbocycles. The molecule has 0 unspecified atom stereocenters. The number of hydrogen-bond donors (Lipinski definition) is 0. The summed E-state index contributed by atoms with van der Waals surface area (Å²) in [6, 6.07) is 17.1. The number of fused-ring (bicyclic) bond motifs is 2. The molecule has 118 valence electrons. The normalized spacial score (nSPS) is 11.2. The molecule has 0 radical (unpaired) electrons. The molecule has 2 aromatic heterocycles. The quantitative estimate of drug-likeness (QED) is 0.462. The molecule has 2 heterocycles. The van der Waals surface area contributed by atoms with Crippen LogP contribution in [0, 0.1) is 0 Å². The predicted octanol–water partition coefficient (Wildman–Crippen LogP) is 5.57. The molecule has 0 amide bonds. The lowest BCUT2D eigenvalue weighted by Crippen LogP contribution is -1.95. The van der Waals surface area contributed by atoms with Gasteiger partial charge in [0, 0.05) is 34.3 Å². The second kappa shape index (κ2) is 6.04. The molecular formula is C22H20N2. The first kappa shape index (κ1) is 14.8. The van der Waals surface area contributed by atoms with Gasteiger partial charge in [-0.05, 0) is 42.2 Å². The Morgan fingerprint density at radius 3 is 2.50 bits per heavy atom. The highest BCUT2D eigenvalue weighted by Crippen LogP contribution is 2.36. The number of pyridine rings is 2. The third kappa shape index (κ3) is 2.35. The van der Waals surface area contributed by atoms with Crippen LogP contribution in [-0.2, 0) is 12.8 Å². The van der Waals surface area contributed by atoms with Crippen molar-refractivity contribution in [1.82, 2.24) is 9.97 Å². The van der Waals surface area contributed by atoms with E-state index in [0.717, 1.165) is 29.4 Å². The summed E-state index contributed by atoms with van der Waals surface area (Å²) in [4.78, 5) is 9.33. The van der Waals surface area contributed by atoms with Gasteiger partial charge in [-0.25, -0.2) is 4.98 Å². The van der Waals surface area contributed by atoms with Gasteiger partial charge in [0.05, 0.1) is 11.0 Å². The highest BCUT2D eigenvalue weighted by atomic mass is 14.7. The van der Waals surface area contributed by atoms with Gasteiger partial charge in [0.15, 0.2) is 0 Å². The largest absolute Gasteiger partial charge is 0.264 e. The maximum absolute atomic E-state index is 4.99. The van der Waals surface area contributed by atoms with Crippen LogP contribution in [0.3, 0.4) is 0 Å². The van der Waals surface area contributed by atoms with Crippen LogP contribution in [0.5, 0.6) is 0 Å². The molecule has 0 N–H and O–H groups in total. The number of aryl methyl sites for hydroxylation is 2. The van der Waals surface area contributed by atoms with Crippen LogP contribution >= 0.6 is 0 Å². The van der Waals surface area contributed by atoms with Crippen LogP contribution in [-0.4, -0.2) is 9.97 Å². The maximum atomic E-state index is 4.99. The fraction of sp³-hybridized carbons (Fsp3) is 0.182. The van der Waals surface area contributed by atoms with Gasteiger partial charge >= 0.3 is 0 Å². The molecule has 2 heteroatoms. The maximum Gasteiger partial charge on any atom is 0.0748 e. The zero-order valence-electron chi connectivity index (χ0n) is 14.1. The van der Waals surface area contributed by atoms with Crippen molar-refractivity contribution in [3.63, 3.8) is 0 Å². The van der Waals surface area contributed by atoms with E-state index in [1.807, 2.05) is 18.5 Å². The highest BCUT2D eigenvalue weighted by Gasteiger charge is 2.14. The zero-order valence-corrected chi connectivity index (χ0v) is 14.1. The summed E-state index contributed by atoms with van der Waals surface area (Å²) in [7, 11) is 0. The van der Waals surface area contributed by atoms with Crippen molar-refractivity contribution in [3.8, 4) is 11.1 Å². The molecule has 0 aliphatic carbocycles. The molecule has 0 atom stereocenters. The zero-order chi connectivity index (χ0) is 16.5. The Labute approximate surface area is 142 Å². The molecule has 4 aromatic rings. The van der Waals surface area contributed by atoms with E-state index in [0.29, 0.717) is 0 Å². The molecule has 2 nitrogen and oxygen atoms in total. The summed E-state index contributed by atoms with van der Waals surface area (Å²) in [6.07, 6.45) is 5.79. The van der Waals surface area contributed by atoms with E-state index in [1.54, 1.807) is 0 Å². The molecular weight excluding hydrogens is 292 g/mol. The van der Waals surface area contributed by atoms with E-state index in [9.17, 15) is 0 Å². The topological polar surface area (TPSA) is 25.8 Å². The summed E-state index contributed by atoms with van der Waals surface area (Å²) >= 11 is 0. The van der Waals surface area contributed by atoms with Gasteiger partial charge in [-0.2, -0.15) is 0 Å². The number of nitrogens with zero attached hydrogens (tertiary/aromatic N) is 2. The molecule has 0 saturated carbocycles. The fourth-order valence-electron chi connectivity index (χ4n) is 3.43. The van der Waals surface area contributed by atoms with Gasteiger partial charge in [0.2, 0.25) is 0 Å². The van der Waals surface area contributed by atoms with Gasteiger partial charge < -0.3 is 0 Å². The highest BCUT2D eigenvalue weighted by molar-refractivity contribution is 6.10. The average molecular weight is 312 g/mol. The molecule has 0 saturated heterocycles. The van der Waals surface area contributed by atoms with Crippen LogP contribution in [0.2, 0.25) is 0 Å². The number of para-hydroxylation sites is 1. The van der Waals surface area contributed by atoms with Crippen molar-refractivity contribution < 1.29 is 0 Å². The van der Waals surface area contributed by atoms with Gasteiger partial charge in [0.1, 0.15) is 0 Å². The Hall–Kier alpha value is -2.74. The first-order chi connectivity index (χ1) is 11.8. The molecule has 24 heavy (non-hydrogen) atoms. The van der Waals surface area contributed by atoms with Crippen molar-refractivity contribution in [2.24, 2.45) is 0 Å². The van der Waals surface area contributed by atoms with Gasteiger partial charge in [-0.15, -0.1) is 0 Å². The number of benzene rings is 2. The minimum absolute atomic E-state index is 0.988. The monoisotopic (exact) mass is 312 g/mol. The molecule has 0 bridgehead atoms. The second-order valence-electron chi connectivity index (χ2n) is 6.10. The van der Waals surface area contributed by atoms with Crippen LogP contribution in [0.1, 0.15) is 25.0 Å². The summed E-state index contributed by atoms with van der Waals surface area (Å²) in [5.41, 5.74) is 7.24. The van der Waals surface area contributed by atoms with E-state index in [1.165, 1.54) is 27.5 Å². The average Bonchev–Trinajstić information content (AvgIpc) is 2.65. The number of rotatable bonds is 3. The van der Waals surface area contributed by atoms with Crippen molar-refractivity contribution in [3.05, 3.63) is 72.1 Å². The molecule has 0 fully saturated rings. The predicted molar refractivity (Wildman–Crippen MR) is 101 cm³/mol. The van der Waals surface area contributed by atoms with E-state index >= 15 is 0 Å². The lowest BCUT2D eigenvalue weighted by atomic mass is 9.93. The number of aromatic nitrogens is 2. The van der Waals surface area contributed by atoms with Crippen LogP contribution in [0.15, 0.2) is 60.9 Å². The fourth-order valence-corrected chi connectivity index (χ4v) is 3.43. The van der Waals surface area contributed by atoms with Crippen molar-refractivity contribution in [2.75, 3.05) is 0 Å². The Bertz CT molecular complexity index is 1020. The third-order valence-corrected chi connectivity index (χ3v) is 4.66. The van der Waals surface area contributed by atoms with Crippen LogP contribution in [0.25, 0.3) is 32.9 Å². The van der Waals surface area contributed by atoms with Crippen LogP contribution < -0.4 is 0 Å². The molecule has 4 rings (SSSR count). The summed E-state index contributed by atoms with van der Waals surface area (Å²) in [6.45, 7) is 4.41. The van der Waals surface area contributed by atoms with Gasteiger partial charge in [-0.1, -0.05) is 44.2 Å². The van der Waals surface area contributed by atoms with Crippen LogP contribution in [0.4, 0.5) is 0 Å². The number of hydrogen-bond acceptors (Lipinski definition) is 2. The lowest BCUT2D eigenvalue weighted by molar-refractivity contribution is 1.10. The summed E-state index contributed by atoms with van der Waals surface area (Å²) in [5.74, 6) is 0. The Morgan fingerprint density at radius 1 is 0.875 bits per heavy atom. The van der Waals surface area contributed by atoms with E-state index < -0.39 is 0 Å². The Kier molecular flexibility index (Phi) is 3.73. The van der Waals surface area contributed by atoms with E-state index in [4.69, 9.17) is 4.98 Å². The lowest BCUT2D eigenvalue weighted by Gasteiger charge is -2.14.